The van der Waals surface area contributed by atoms with E-state index in [1.165, 1.54) is 57.8 Å². The van der Waals surface area contributed by atoms with E-state index in [0.29, 0.717) is 12.8 Å². The van der Waals surface area contributed by atoms with Gasteiger partial charge in [0.2, 0.25) is 0 Å². The molecule has 151 valence electrons. The summed E-state index contributed by atoms with van der Waals surface area (Å²) < 4.78 is 0. The zero-order chi connectivity index (χ0) is 19.5. The molecule has 0 rings (SSSR count). The maximum Gasteiger partial charge on any atom is 0.320 e. The van der Waals surface area contributed by atoms with Crippen molar-refractivity contribution in [3.8, 4) is 0 Å². The van der Waals surface area contributed by atoms with Crippen LogP contribution in [-0.4, -0.2) is 29.2 Å². The number of nitrogens with two attached hydrogens (primary N) is 1. The third-order valence-corrected chi connectivity index (χ3v) is 4.79. The van der Waals surface area contributed by atoms with E-state index in [1.54, 1.807) is 0 Å². The molecule has 0 aliphatic rings. The van der Waals surface area contributed by atoms with Crippen LogP contribution in [0.5, 0.6) is 0 Å². The molecule has 0 aliphatic carbocycles. The Balaban J connectivity index is 3.20. The average molecular weight is 369 g/mol. The molecule has 0 aromatic heterocycles. The fourth-order valence-corrected chi connectivity index (χ4v) is 3.03. The molecule has 0 aromatic carbocycles. The second-order valence-electron chi connectivity index (χ2n) is 7.26. The number of aliphatic carboxylic acids is 1. The van der Waals surface area contributed by atoms with Gasteiger partial charge in [0.05, 0.1) is 0 Å². The number of carbonyl (C=O) groups is 2. The molecule has 0 saturated carbocycles. The zero-order valence-electron chi connectivity index (χ0n) is 16.3. The first kappa shape index (κ1) is 24.8. The quantitative estimate of drug-likeness (QED) is 0.303. The van der Waals surface area contributed by atoms with Gasteiger partial charge in [-0.1, -0.05) is 70.6 Å². The Kier molecular flexibility index (Phi) is 17.7. The minimum absolute atomic E-state index is 0.131. The van der Waals surface area contributed by atoms with Crippen molar-refractivity contribution < 1.29 is 19.5 Å². The topological polar surface area (TPSA) is 97.5 Å². The molecule has 0 heterocycles. The third-order valence-electron chi connectivity index (χ3n) is 4.79. The standard InChI is InChI=1S/C21H38NO4/c22-20(21(25)26)17-16-19(24)15-13-11-9-7-5-3-1-2-4-6-8-10-12-14-18-23/h20H,1-17,22H2,(H,25,26)/t20-/m0/s1. The smallest absolute Gasteiger partial charge is 0.320 e. The van der Waals surface area contributed by atoms with Gasteiger partial charge in [0.15, 0.2) is 6.29 Å². The fraction of sp³-hybridized carbons (Fsp3) is 0.857. The maximum absolute atomic E-state index is 11.6. The highest BCUT2D eigenvalue weighted by atomic mass is 16.4. The summed E-state index contributed by atoms with van der Waals surface area (Å²) in [5, 5.41) is 8.66. The Hall–Kier alpha value is -1.23. The molecule has 0 saturated heterocycles. The highest BCUT2D eigenvalue weighted by molar-refractivity contribution is 5.80. The number of hydrogen-bond acceptors (Lipinski definition) is 4. The molecule has 3 N–H and O–H groups in total. The van der Waals surface area contributed by atoms with Crippen LogP contribution in [0.15, 0.2) is 0 Å². The number of ketones is 1. The predicted octanol–water partition coefficient (Wildman–Crippen LogP) is 4.71. The van der Waals surface area contributed by atoms with Crippen molar-refractivity contribution in [2.24, 2.45) is 5.73 Å². The Morgan fingerprint density at radius 3 is 1.58 bits per heavy atom. The normalized spacial score (nSPS) is 12.0. The highest BCUT2D eigenvalue weighted by Crippen LogP contribution is 2.13. The summed E-state index contributed by atoms with van der Waals surface area (Å²) in [6, 6.07) is -0.917. The summed E-state index contributed by atoms with van der Waals surface area (Å²) in [6.07, 6.45) is 19.2. The Morgan fingerprint density at radius 1 is 0.731 bits per heavy atom. The van der Waals surface area contributed by atoms with E-state index in [2.05, 4.69) is 0 Å². The van der Waals surface area contributed by atoms with Gasteiger partial charge in [0.1, 0.15) is 11.8 Å². The van der Waals surface area contributed by atoms with Crippen molar-refractivity contribution in [2.75, 3.05) is 0 Å². The predicted molar refractivity (Wildman–Crippen MR) is 105 cm³/mol. The van der Waals surface area contributed by atoms with E-state index in [0.717, 1.165) is 25.7 Å². The van der Waals surface area contributed by atoms with Crippen molar-refractivity contribution in [3.63, 3.8) is 0 Å². The van der Waals surface area contributed by atoms with Gasteiger partial charge < -0.3 is 10.8 Å². The molecule has 26 heavy (non-hydrogen) atoms. The van der Waals surface area contributed by atoms with Crippen LogP contribution in [0.1, 0.15) is 109 Å². The Morgan fingerprint density at radius 2 is 1.15 bits per heavy atom. The number of carbonyl (C=O) groups excluding carboxylic acids is 2. The van der Waals surface area contributed by atoms with Gasteiger partial charge in [0, 0.05) is 19.3 Å². The summed E-state index contributed by atoms with van der Waals surface area (Å²) in [7, 11) is 0. The number of Topliss-reactive ketones (excluding diaryl/α,β-unsaturated/α-hetero) is 1. The number of unbranched alkanes of at least 4 members (excludes halogenated alkanes) is 13. The summed E-state index contributed by atoms with van der Waals surface area (Å²) in [6.45, 7) is 0. The van der Waals surface area contributed by atoms with Gasteiger partial charge in [-0.15, -0.1) is 0 Å². The van der Waals surface area contributed by atoms with Crippen molar-refractivity contribution in [3.05, 3.63) is 0 Å². The van der Waals surface area contributed by atoms with Crippen molar-refractivity contribution in [2.45, 2.75) is 115 Å². The first-order chi connectivity index (χ1) is 12.6. The zero-order valence-corrected chi connectivity index (χ0v) is 16.3. The average Bonchev–Trinajstić information content (AvgIpc) is 2.62. The van der Waals surface area contributed by atoms with Crippen molar-refractivity contribution in [1.29, 1.82) is 0 Å². The molecule has 0 aliphatic heterocycles. The third kappa shape index (κ3) is 17.6. The summed E-state index contributed by atoms with van der Waals surface area (Å²) in [4.78, 5) is 32.3. The molecule has 0 fully saturated rings. The van der Waals surface area contributed by atoms with E-state index in [1.807, 2.05) is 6.29 Å². The molecular weight excluding hydrogens is 330 g/mol. The second kappa shape index (κ2) is 18.6. The lowest BCUT2D eigenvalue weighted by Crippen LogP contribution is -2.30. The summed E-state index contributed by atoms with van der Waals surface area (Å²) >= 11 is 0. The van der Waals surface area contributed by atoms with E-state index in [-0.39, 0.29) is 18.6 Å². The SMILES string of the molecule is N[C@@H](CCC(=O)CCCCCCCCCCCCCCC[C]=O)C(=O)O. The van der Waals surface area contributed by atoms with Crippen molar-refractivity contribution in [1.82, 2.24) is 0 Å². The monoisotopic (exact) mass is 368 g/mol. The molecule has 1 atom stereocenters. The summed E-state index contributed by atoms with van der Waals surface area (Å²) in [5.41, 5.74) is 5.39. The van der Waals surface area contributed by atoms with Gasteiger partial charge in [0.25, 0.3) is 0 Å². The molecule has 0 aromatic rings. The Labute approximate surface area is 159 Å². The lowest BCUT2D eigenvalue weighted by Gasteiger charge is -2.05. The summed E-state index contributed by atoms with van der Waals surface area (Å²) in [5.74, 6) is -0.905. The second-order valence-corrected chi connectivity index (χ2v) is 7.26. The van der Waals surface area contributed by atoms with Crippen LogP contribution in [-0.2, 0) is 14.4 Å². The van der Waals surface area contributed by atoms with E-state index in [4.69, 9.17) is 10.8 Å². The minimum Gasteiger partial charge on any atom is -0.480 e. The van der Waals surface area contributed by atoms with Gasteiger partial charge in [-0.25, -0.2) is 0 Å². The number of carboxylic acids is 1. The first-order valence-electron chi connectivity index (χ1n) is 10.4. The lowest BCUT2D eigenvalue weighted by atomic mass is 10.0. The molecule has 5 nitrogen and oxygen atoms in total. The van der Waals surface area contributed by atoms with Crippen LogP contribution in [0.4, 0.5) is 0 Å². The fourth-order valence-electron chi connectivity index (χ4n) is 3.03. The lowest BCUT2D eigenvalue weighted by molar-refractivity contribution is -0.138. The van der Waals surface area contributed by atoms with Crippen LogP contribution in [0, 0.1) is 0 Å². The van der Waals surface area contributed by atoms with Crippen LogP contribution in [0.2, 0.25) is 0 Å². The molecular formula is C21H38NO4. The number of rotatable bonds is 20. The number of hydrogen-bond donors (Lipinski definition) is 2. The van der Waals surface area contributed by atoms with Gasteiger partial charge in [-0.3, -0.25) is 14.4 Å². The molecule has 0 amide bonds. The molecule has 0 bridgehead atoms. The van der Waals surface area contributed by atoms with Crippen LogP contribution < -0.4 is 5.73 Å². The highest BCUT2D eigenvalue weighted by Gasteiger charge is 2.13. The van der Waals surface area contributed by atoms with E-state index in [9.17, 15) is 14.4 Å². The van der Waals surface area contributed by atoms with E-state index >= 15 is 0 Å². The molecule has 0 unspecified atom stereocenters. The molecule has 1 radical (unpaired) electrons. The van der Waals surface area contributed by atoms with Gasteiger partial charge in [-0.2, -0.15) is 0 Å². The minimum atomic E-state index is -1.04. The Bertz CT molecular complexity index is 371. The largest absolute Gasteiger partial charge is 0.480 e. The van der Waals surface area contributed by atoms with Gasteiger partial charge in [-0.05, 0) is 19.3 Å². The van der Waals surface area contributed by atoms with Crippen LogP contribution in [0.3, 0.4) is 0 Å². The molecule has 5 heteroatoms. The molecule has 0 spiro atoms. The maximum atomic E-state index is 11.6. The van der Waals surface area contributed by atoms with Crippen molar-refractivity contribution >= 4 is 18.0 Å². The van der Waals surface area contributed by atoms with Crippen LogP contribution >= 0.6 is 0 Å². The van der Waals surface area contributed by atoms with Gasteiger partial charge >= 0.3 is 5.97 Å². The first-order valence-corrected chi connectivity index (χ1v) is 10.4. The van der Waals surface area contributed by atoms with E-state index < -0.39 is 12.0 Å². The number of carboxylic acid groups (broad SMARTS) is 1. The van der Waals surface area contributed by atoms with Crippen LogP contribution in [0.25, 0.3) is 0 Å².